The molecule has 4 heteroatoms. The summed E-state index contributed by atoms with van der Waals surface area (Å²) in [6.07, 6.45) is 0.167. The van der Waals surface area contributed by atoms with Gasteiger partial charge in [-0.3, -0.25) is 5.84 Å². The minimum Gasteiger partial charge on any atom is -0.491 e. The van der Waals surface area contributed by atoms with Gasteiger partial charge in [0.25, 0.3) is 0 Å². The zero-order valence-electron chi connectivity index (χ0n) is 12.4. The Labute approximate surface area is 124 Å². The number of hydrogen-bond acceptors (Lipinski definition) is 4. The first-order valence-electron chi connectivity index (χ1n) is 6.81. The zero-order valence-corrected chi connectivity index (χ0v) is 13.3. The first-order valence-corrected chi connectivity index (χ1v) is 7.62. The maximum Gasteiger partial charge on any atom is 0.120 e. The molecule has 1 atom stereocenters. The van der Waals surface area contributed by atoms with E-state index >= 15 is 0 Å². The van der Waals surface area contributed by atoms with E-state index in [0.717, 1.165) is 11.3 Å². The van der Waals surface area contributed by atoms with Crippen molar-refractivity contribution in [2.45, 2.75) is 39.8 Å². The molecule has 20 heavy (non-hydrogen) atoms. The Kier molecular flexibility index (Phi) is 4.81. The van der Waals surface area contributed by atoms with Gasteiger partial charge in [-0.1, -0.05) is 12.1 Å². The predicted octanol–water partition coefficient (Wildman–Crippen LogP) is 3.70. The summed E-state index contributed by atoms with van der Waals surface area (Å²) >= 11 is 1.78. The predicted molar refractivity (Wildman–Crippen MR) is 85.2 cm³/mol. The van der Waals surface area contributed by atoms with Crippen molar-refractivity contribution in [3.63, 3.8) is 0 Å². The molecule has 108 valence electrons. The lowest BCUT2D eigenvalue weighted by Crippen LogP contribution is -2.28. The molecule has 3 nitrogen and oxygen atoms in total. The van der Waals surface area contributed by atoms with Gasteiger partial charge < -0.3 is 4.74 Å². The van der Waals surface area contributed by atoms with Crippen LogP contribution in [0.5, 0.6) is 5.75 Å². The van der Waals surface area contributed by atoms with Crippen LogP contribution in [0.3, 0.4) is 0 Å². The second-order valence-electron chi connectivity index (χ2n) is 5.23. The van der Waals surface area contributed by atoms with Gasteiger partial charge in [-0.25, -0.2) is 5.43 Å². The number of aryl methyl sites for hydroxylation is 2. The van der Waals surface area contributed by atoms with E-state index in [-0.39, 0.29) is 12.1 Å². The highest BCUT2D eigenvalue weighted by molar-refractivity contribution is 7.12. The molecule has 0 fully saturated rings. The monoisotopic (exact) mass is 290 g/mol. The molecule has 3 N–H and O–H groups in total. The van der Waals surface area contributed by atoms with E-state index in [0.29, 0.717) is 0 Å². The Morgan fingerprint density at radius 3 is 2.50 bits per heavy atom. The van der Waals surface area contributed by atoms with Crippen LogP contribution in [0.1, 0.15) is 40.8 Å². The third-order valence-electron chi connectivity index (χ3n) is 3.20. The minimum atomic E-state index is 0.00288. The smallest absolute Gasteiger partial charge is 0.120 e. The van der Waals surface area contributed by atoms with E-state index in [9.17, 15) is 0 Å². The third kappa shape index (κ3) is 3.39. The molecule has 0 radical (unpaired) electrons. The molecular weight excluding hydrogens is 268 g/mol. The molecule has 0 saturated carbocycles. The van der Waals surface area contributed by atoms with Crippen molar-refractivity contribution in [2.24, 2.45) is 5.84 Å². The summed E-state index contributed by atoms with van der Waals surface area (Å²) in [7, 11) is 0. The van der Waals surface area contributed by atoms with Gasteiger partial charge in [-0.2, -0.15) is 0 Å². The lowest BCUT2D eigenvalue weighted by molar-refractivity contribution is 0.242. The van der Waals surface area contributed by atoms with E-state index < -0.39 is 0 Å². The number of thiophene rings is 1. The third-order valence-corrected chi connectivity index (χ3v) is 4.42. The molecule has 0 aliphatic heterocycles. The second-order valence-corrected chi connectivity index (χ2v) is 6.51. The Hall–Kier alpha value is -1.36. The quantitative estimate of drug-likeness (QED) is 0.652. The van der Waals surface area contributed by atoms with Crippen LogP contribution in [0.4, 0.5) is 0 Å². The normalized spacial score (nSPS) is 12.7. The van der Waals surface area contributed by atoms with Crippen molar-refractivity contribution in [1.82, 2.24) is 5.43 Å². The molecule has 0 amide bonds. The number of hydrazine groups is 1. The summed E-state index contributed by atoms with van der Waals surface area (Å²) < 4.78 is 5.75. The molecule has 0 saturated heterocycles. The summed E-state index contributed by atoms with van der Waals surface area (Å²) in [6.45, 7) is 8.31. The number of nitrogens with two attached hydrogens (primary N) is 1. The van der Waals surface area contributed by atoms with Crippen molar-refractivity contribution in [2.75, 3.05) is 0 Å². The van der Waals surface area contributed by atoms with Crippen LogP contribution in [-0.2, 0) is 0 Å². The molecular formula is C16H22N2OS. The fourth-order valence-electron chi connectivity index (χ4n) is 2.13. The standard InChI is InChI=1S/C16H22N2OS/c1-10(2)19-14-7-5-6-13(9-14)16(18-17)15-8-11(3)12(4)20-15/h5-10,16,18H,17H2,1-4H3. The molecule has 1 aromatic heterocycles. The Morgan fingerprint density at radius 2 is 1.95 bits per heavy atom. The molecule has 1 heterocycles. The fourth-order valence-corrected chi connectivity index (χ4v) is 3.26. The zero-order chi connectivity index (χ0) is 14.7. The van der Waals surface area contributed by atoms with E-state index in [4.69, 9.17) is 10.6 Å². The highest BCUT2D eigenvalue weighted by Gasteiger charge is 2.16. The lowest BCUT2D eigenvalue weighted by Gasteiger charge is -2.17. The molecule has 2 aromatic rings. The van der Waals surface area contributed by atoms with Gasteiger partial charge in [0.15, 0.2) is 0 Å². The van der Waals surface area contributed by atoms with Crippen LogP contribution in [0.15, 0.2) is 30.3 Å². The van der Waals surface area contributed by atoms with E-state index in [1.807, 2.05) is 26.0 Å². The maximum atomic E-state index is 5.76. The van der Waals surface area contributed by atoms with Gasteiger partial charge in [-0.15, -0.1) is 11.3 Å². The first-order chi connectivity index (χ1) is 9.51. The van der Waals surface area contributed by atoms with Crippen LogP contribution in [0, 0.1) is 13.8 Å². The van der Waals surface area contributed by atoms with Crippen molar-refractivity contribution in [1.29, 1.82) is 0 Å². The average Bonchev–Trinajstić information content (AvgIpc) is 2.70. The lowest BCUT2D eigenvalue weighted by atomic mass is 10.0. The second kappa shape index (κ2) is 6.39. The van der Waals surface area contributed by atoms with Gasteiger partial charge >= 0.3 is 0 Å². The van der Waals surface area contributed by atoms with Crippen molar-refractivity contribution in [3.8, 4) is 5.75 Å². The molecule has 0 aliphatic carbocycles. The van der Waals surface area contributed by atoms with Crippen LogP contribution in [-0.4, -0.2) is 6.10 Å². The van der Waals surface area contributed by atoms with Crippen LogP contribution >= 0.6 is 11.3 Å². The number of ether oxygens (including phenoxy) is 1. The highest BCUT2D eigenvalue weighted by atomic mass is 32.1. The Morgan fingerprint density at radius 1 is 1.20 bits per heavy atom. The summed E-state index contributed by atoms with van der Waals surface area (Å²) in [5.74, 6) is 6.64. The molecule has 1 aromatic carbocycles. The molecule has 1 unspecified atom stereocenters. The Bertz CT molecular complexity index is 558. The minimum absolute atomic E-state index is 0.00288. The highest BCUT2D eigenvalue weighted by Crippen LogP contribution is 2.31. The molecule has 0 aliphatic rings. The summed E-state index contributed by atoms with van der Waals surface area (Å²) in [4.78, 5) is 2.55. The number of nitrogens with one attached hydrogen (secondary N) is 1. The number of rotatable bonds is 5. The van der Waals surface area contributed by atoms with Crippen molar-refractivity contribution in [3.05, 3.63) is 51.2 Å². The molecule has 0 spiro atoms. The van der Waals surface area contributed by atoms with Gasteiger partial charge in [0.2, 0.25) is 0 Å². The Balaban J connectivity index is 2.31. The van der Waals surface area contributed by atoms with Gasteiger partial charge in [0, 0.05) is 9.75 Å². The van der Waals surface area contributed by atoms with Gasteiger partial charge in [0.05, 0.1) is 12.1 Å². The fraction of sp³-hybridized carbons (Fsp3) is 0.375. The van der Waals surface area contributed by atoms with Crippen molar-refractivity contribution < 1.29 is 4.74 Å². The van der Waals surface area contributed by atoms with Gasteiger partial charge in [-0.05, 0) is 57.0 Å². The van der Waals surface area contributed by atoms with Crippen LogP contribution < -0.4 is 16.0 Å². The van der Waals surface area contributed by atoms with Crippen LogP contribution in [0.25, 0.3) is 0 Å². The summed E-state index contributed by atoms with van der Waals surface area (Å²) in [6, 6.07) is 10.3. The maximum absolute atomic E-state index is 5.76. The first kappa shape index (κ1) is 15.0. The summed E-state index contributed by atoms with van der Waals surface area (Å²) in [5.41, 5.74) is 5.33. The number of hydrogen-bond donors (Lipinski definition) is 2. The summed E-state index contributed by atoms with van der Waals surface area (Å²) in [5, 5.41) is 0. The SMILES string of the molecule is Cc1cc(C(NN)c2cccc(OC(C)C)c2)sc1C. The average molecular weight is 290 g/mol. The number of benzene rings is 1. The van der Waals surface area contributed by atoms with Crippen molar-refractivity contribution >= 4 is 11.3 Å². The molecule has 2 rings (SSSR count). The van der Waals surface area contributed by atoms with E-state index in [1.54, 1.807) is 11.3 Å². The van der Waals surface area contributed by atoms with Gasteiger partial charge in [0.1, 0.15) is 5.75 Å². The van der Waals surface area contributed by atoms with Crippen LogP contribution in [0.2, 0.25) is 0 Å². The van der Waals surface area contributed by atoms with E-state index in [1.165, 1.54) is 15.3 Å². The topological polar surface area (TPSA) is 47.3 Å². The largest absolute Gasteiger partial charge is 0.491 e. The molecule has 0 bridgehead atoms. The van der Waals surface area contributed by atoms with E-state index in [2.05, 4.69) is 37.5 Å².